The van der Waals surface area contributed by atoms with Gasteiger partial charge in [-0.3, -0.25) is 0 Å². The van der Waals surface area contributed by atoms with E-state index >= 15 is 0 Å². The molecule has 1 rings (SSSR count). The molecule has 0 unspecified atom stereocenters. The van der Waals surface area contributed by atoms with Crippen LogP contribution in [0.15, 0.2) is 29.3 Å². The summed E-state index contributed by atoms with van der Waals surface area (Å²) in [5.41, 5.74) is -0.873. The van der Waals surface area contributed by atoms with Crippen LogP contribution in [0, 0.1) is 11.8 Å². The maximum absolute atomic E-state index is 12.8. The average molecular weight is 283 g/mol. The Kier molecular flexibility index (Phi) is 6.10. The molecule has 0 spiro atoms. The van der Waals surface area contributed by atoms with Gasteiger partial charge in [0.2, 0.25) is 0 Å². The standard InChI is InChI=1S/C15H16F3NO/c1-3-4-5-6-7-14(15(16,17)18)19-12-8-10-13(20-2)11-9-12/h8-11H,3-5H2,1-2H3. The zero-order chi connectivity index (χ0) is 15.0. The van der Waals surface area contributed by atoms with E-state index < -0.39 is 11.9 Å². The van der Waals surface area contributed by atoms with Gasteiger partial charge in [-0.25, -0.2) is 4.99 Å². The zero-order valence-corrected chi connectivity index (χ0v) is 11.4. The normalized spacial score (nSPS) is 11.8. The summed E-state index contributed by atoms with van der Waals surface area (Å²) in [6, 6.07) is 6.02. The van der Waals surface area contributed by atoms with E-state index in [4.69, 9.17) is 4.74 Å². The molecule has 5 heteroatoms. The molecule has 0 radical (unpaired) electrons. The second kappa shape index (κ2) is 7.59. The Labute approximate surface area is 116 Å². The highest BCUT2D eigenvalue weighted by atomic mass is 19.4. The molecule has 0 atom stereocenters. The van der Waals surface area contributed by atoms with Gasteiger partial charge in [-0.1, -0.05) is 19.3 Å². The lowest BCUT2D eigenvalue weighted by Crippen LogP contribution is -2.20. The van der Waals surface area contributed by atoms with Gasteiger partial charge in [-0.2, -0.15) is 13.2 Å². The smallest absolute Gasteiger partial charge is 0.441 e. The third kappa shape index (κ3) is 5.35. The summed E-state index contributed by atoms with van der Waals surface area (Å²) in [4.78, 5) is 3.57. The summed E-state index contributed by atoms with van der Waals surface area (Å²) in [7, 11) is 1.48. The molecule has 0 aromatic heterocycles. The molecular formula is C15H16F3NO. The molecule has 1 aromatic carbocycles. The Morgan fingerprint density at radius 3 is 2.40 bits per heavy atom. The Bertz CT molecular complexity index is 507. The summed E-state index contributed by atoms with van der Waals surface area (Å²) in [6.07, 6.45) is -2.43. The third-order valence-electron chi connectivity index (χ3n) is 2.44. The van der Waals surface area contributed by atoms with Crippen LogP contribution in [-0.2, 0) is 0 Å². The van der Waals surface area contributed by atoms with E-state index in [9.17, 15) is 13.2 Å². The molecule has 0 heterocycles. The summed E-state index contributed by atoms with van der Waals surface area (Å²) in [5, 5.41) is 0. The molecule has 108 valence electrons. The average Bonchev–Trinajstić information content (AvgIpc) is 2.42. The molecule has 0 aliphatic heterocycles. The minimum atomic E-state index is -4.54. The number of alkyl halides is 3. The summed E-state index contributed by atoms with van der Waals surface area (Å²) in [5.74, 6) is 5.19. The first-order chi connectivity index (χ1) is 9.47. The van der Waals surface area contributed by atoms with E-state index in [1.54, 1.807) is 12.1 Å². The molecule has 0 bridgehead atoms. The SMILES string of the molecule is CCCCC#CC(=Nc1ccc(OC)cc1)C(F)(F)F. The first-order valence-corrected chi connectivity index (χ1v) is 6.26. The maximum atomic E-state index is 12.8. The van der Waals surface area contributed by atoms with Crippen LogP contribution >= 0.6 is 0 Å². The van der Waals surface area contributed by atoms with Crippen molar-refractivity contribution in [3.63, 3.8) is 0 Å². The fraction of sp³-hybridized carbons (Fsp3) is 0.400. The van der Waals surface area contributed by atoms with Gasteiger partial charge in [0.1, 0.15) is 5.75 Å². The predicted molar refractivity (Wildman–Crippen MR) is 73.4 cm³/mol. The predicted octanol–water partition coefficient (Wildman–Crippen LogP) is 4.52. The van der Waals surface area contributed by atoms with Gasteiger partial charge in [0.15, 0.2) is 5.71 Å². The molecule has 0 amide bonds. The highest BCUT2D eigenvalue weighted by molar-refractivity contribution is 6.05. The highest BCUT2D eigenvalue weighted by Gasteiger charge is 2.34. The molecule has 0 saturated carbocycles. The van der Waals surface area contributed by atoms with Crippen LogP contribution in [-0.4, -0.2) is 19.0 Å². The maximum Gasteiger partial charge on any atom is 0.441 e. The number of methoxy groups -OCH3 is 1. The summed E-state index contributed by atoms with van der Waals surface area (Å²) < 4.78 is 43.3. The number of nitrogens with zero attached hydrogens (tertiary/aromatic N) is 1. The first kappa shape index (κ1) is 16.1. The van der Waals surface area contributed by atoms with Crippen LogP contribution in [0.4, 0.5) is 18.9 Å². The zero-order valence-electron chi connectivity index (χ0n) is 11.4. The van der Waals surface area contributed by atoms with Crippen LogP contribution < -0.4 is 4.74 Å². The van der Waals surface area contributed by atoms with E-state index in [2.05, 4.69) is 16.8 Å². The lowest BCUT2D eigenvalue weighted by Gasteiger charge is -2.05. The number of unbranched alkanes of at least 4 members (excludes halogenated alkanes) is 2. The number of hydrogen-bond donors (Lipinski definition) is 0. The van der Waals surface area contributed by atoms with E-state index in [-0.39, 0.29) is 5.69 Å². The number of aliphatic imine (C=N–C) groups is 1. The van der Waals surface area contributed by atoms with Crippen molar-refractivity contribution in [1.82, 2.24) is 0 Å². The van der Waals surface area contributed by atoms with Crippen LogP contribution in [0.1, 0.15) is 26.2 Å². The fourth-order valence-electron chi connectivity index (χ4n) is 1.36. The second-order valence-corrected chi connectivity index (χ2v) is 4.06. The molecule has 0 fully saturated rings. The Morgan fingerprint density at radius 1 is 1.25 bits per heavy atom. The largest absolute Gasteiger partial charge is 0.497 e. The Balaban J connectivity index is 2.96. The van der Waals surface area contributed by atoms with Gasteiger partial charge >= 0.3 is 6.18 Å². The summed E-state index contributed by atoms with van der Waals surface area (Å²) in [6.45, 7) is 1.96. The molecule has 0 N–H and O–H groups in total. The Morgan fingerprint density at radius 2 is 1.90 bits per heavy atom. The van der Waals surface area contributed by atoms with Crippen molar-refractivity contribution in [2.75, 3.05) is 7.11 Å². The van der Waals surface area contributed by atoms with Crippen LogP contribution in [0.5, 0.6) is 5.75 Å². The number of benzene rings is 1. The lowest BCUT2D eigenvalue weighted by atomic mass is 10.2. The fourth-order valence-corrected chi connectivity index (χ4v) is 1.36. The van der Waals surface area contributed by atoms with E-state index in [1.807, 2.05) is 6.92 Å². The van der Waals surface area contributed by atoms with Gasteiger partial charge < -0.3 is 4.74 Å². The first-order valence-electron chi connectivity index (χ1n) is 6.26. The molecule has 0 aliphatic carbocycles. The van der Waals surface area contributed by atoms with Crippen molar-refractivity contribution < 1.29 is 17.9 Å². The van der Waals surface area contributed by atoms with Crippen LogP contribution in [0.3, 0.4) is 0 Å². The van der Waals surface area contributed by atoms with Crippen molar-refractivity contribution in [3.05, 3.63) is 24.3 Å². The molecular weight excluding hydrogens is 267 g/mol. The number of halogens is 3. The van der Waals surface area contributed by atoms with Crippen molar-refractivity contribution in [3.8, 4) is 17.6 Å². The van der Waals surface area contributed by atoms with Crippen LogP contribution in [0.25, 0.3) is 0 Å². The van der Waals surface area contributed by atoms with Gasteiger partial charge in [-0.05, 0) is 36.6 Å². The quantitative estimate of drug-likeness (QED) is 0.452. The third-order valence-corrected chi connectivity index (χ3v) is 2.44. The monoisotopic (exact) mass is 283 g/mol. The molecule has 0 saturated heterocycles. The van der Waals surface area contributed by atoms with Gasteiger partial charge in [0.05, 0.1) is 12.8 Å². The topological polar surface area (TPSA) is 21.6 Å². The summed E-state index contributed by atoms with van der Waals surface area (Å²) >= 11 is 0. The van der Waals surface area contributed by atoms with E-state index in [1.165, 1.54) is 19.2 Å². The van der Waals surface area contributed by atoms with E-state index in [0.717, 1.165) is 12.8 Å². The number of ether oxygens (including phenoxy) is 1. The molecule has 0 aliphatic rings. The van der Waals surface area contributed by atoms with Crippen LogP contribution in [0.2, 0.25) is 0 Å². The highest BCUT2D eigenvalue weighted by Crippen LogP contribution is 2.23. The van der Waals surface area contributed by atoms with Crippen molar-refractivity contribution in [2.24, 2.45) is 4.99 Å². The lowest BCUT2D eigenvalue weighted by molar-refractivity contribution is -0.0571. The van der Waals surface area contributed by atoms with Crippen molar-refractivity contribution in [1.29, 1.82) is 0 Å². The van der Waals surface area contributed by atoms with Crippen molar-refractivity contribution in [2.45, 2.75) is 32.4 Å². The molecule has 1 aromatic rings. The van der Waals surface area contributed by atoms with Gasteiger partial charge in [0.25, 0.3) is 0 Å². The minimum Gasteiger partial charge on any atom is -0.497 e. The second-order valence-electron chi connectivity index (χ2n) is 4.06. The Hall–Kier alpha value is -1.96. The minimum absolute atomic E-state index is 0.197. The number of hydrogen-bond acceptors (Lipinski definition) is 2. The van der Waals surface area contributed by atoms with E-state index in [0.29, 0.717) is 12.2 Å². The van der Waals surface area contributed by atoms with Gasteiger partial charge in [-0.15, -0.1) is 0 Å². The van der Waals surface area contributed by atoms with Crippen molar-refractivity contribution >= 4 is 11.4 Å². The molecule has 20 heavy (non-hydrogen) atoms. The molecule has 2 nitrogen and oxygen atoms in total. The number of rotatable bonds is 4. The van der Waals surface area contributed by atoms with Gasteiger partial charge in [0, 0.05) is 6.42 Å².